The molecule has 0 bridgehead atoms. The van der Waals surface area contributed by atoms with E-state index in [4.69, 9.17) is 9.47 Å². The summed E-state index contributed by atoms with van der Waals surface area (Å²) in [6.07, 6.45) is 2.08. The van der Waals surface area contributed by atoms with Crippen molar-refractivity contribution in [2.75, 3.05) is 36.3 Å². The summed E-state index contributed by atoms with van der Waals surface area (Å²) in [7, 11) is 3.10. The molecule has 0 unspecified atom stereocenters. The lowest BCUT2D eigenvalue weighted by molar-refractivity contribution is -0.118. The molecule has 0 saturated carbocycles. The third-order valence-electron chi connectivity index (χ3n) is 4.63. The van der Waals surface area contributed by atoms with Crippen LogP contribution in [0.3, 0.4) is 0 Å². The first kappa shape index (κ1) is 19.5. The Hall–Kier alpha value is -3.22. The number of methoxy groups -OCH3 is 2. The average molecular weight is 383 g/mol. The van der Waals surface area contributed by atoms with Crippen LogP contribution in [0.1, 0.15) is 25.3 Å². The monoisotopic (exact) mass is 383 g/mol. The smallest absolute Gasteiger partial charge is 0.323 e. The maximum atomic E-state index is 12.4. The average Bonchev–Trinajstić information content (AvgIpc) is 2.70. The lowest BCUT2D eigenvalue weighted by Crippen LogP contribution is -2.35. The predicted molar refractivity (Wildman–Crippen MR) is 110 cm³/mol. The van der Waals surface area contributed by atoms with Gasteiger partial charge in [0.25, 0.3) is 0 Å². The Kier molecular flexibility index (Phi) is 6.03. The Morgan fingerprint density at radius 2 is 1.68 bits per heavy atom. The lowest BCUT2D eigenvalue weighted by atomic mass is 10.00. The van der Waals surface area contributed by atoms with E-state index >= 15 is 0 Å². The van der Waals surface area contributed by atoms with Gasteiger partial charge in [-0.05, 0) is 48.7 Å². The second kappa shape index (κ2) is 8.65. The Morgan fingerprint density at radius 3 is 2.36 bits per heavy atom. The van der Waals surface area contributed by atoms with Crippen molar-refractivity contribution in [1.29, 1.82) is 0 Å². The van der Waals surface area contributed by atoms with Crippen LogP contribution in [0.4, 0.5) is 21.9 Å². The molecule has 1 aliphatic heterocycles. The molecule has 0 fully saturated rings. The summed E-state index contributed by atoms with van der Waals surface area (Å²) in [6.45, 7) is 2.76. The molecule has 7 heteroatoms. The first-order valence-corrected chi connectivity index (χ1v) is 9.29. The predicted octanol–water partition coefficient (Wildman–Crippen LogP) is 4.04. The van der Waals surface area contributed by atoms with E-state index in [9.17, 15) is 9.59 Å². The minimum Gasteiger partial charge on any atom is -0.493 e. The van der Waals surface area contributed by atoms with E-state index in [2.05, 4.69) is 17.6 Å². The van der Waals surface area contributed by atoms with Crippen molar-refractivity contribution in [3.05, 3.63) is 42.0 Å². The first-order chi connectivity index (χ1) is 13.5. The van der Waals surface area contributed by atoms with Gasteiger partial charge in [0.2, 0.25) is 5.91 Å². The summed E-state index contributed by atoms with van der Waals surface area (Å²) >= 11 is 0. The number of rotatable bonds is 6. The molecule has 3 amide bonds. The molecular weight excluding hydrogens is 358 g/mol. The van der Waals surface area contributed by atoms with Gasteiger partial charge in [-0.15, -0.1) is 0 Å². The van der Waals surface area contributed by atoms with Gasteiger partial charge in [0.15, 0.2) is 11.5 Å². The zero-order valence-corrected chi connectivity index (χ0v) is 16.4. The van der Waals surface area contributed by atoms with Gasteiger partial charge in [-0.2, -0.15) is 0 Å². The standard InChI is InChI=1S/C21H25N3O4/c1-4-11-24-17-8-6-15(12-14(17)5-10-20(24)25)22-21(26)23-16-7-9-18(27-2)19(13-16)28-3/h6-9,12-13H,4-5,10-11H2,1-3H3,(H2,22,23,26). The van der Waals surface area contributed by atoms with Crippen molar-refractivity contribution >= 4 is 29.0 Å². The van der Waals surface area contributed by atoms with Crippen LogP contribution in [-0.4, -0.2) is 32.7 Å². The molecule has 0 aliphatic carbocycles. The van der Waals surface area contributed by atoms with Crippen LogP contribution >= 0.6 is 0 Å². The van der Waals surface area contributed by atoms with Gasteiger partial charge >= 0.3 is 6.03 Å². The topological polar surface area (TPSA) is 79.9 Å². The van der Waals surface area contributed by atoms with E-state index in [1.807, 2.05) is 23.1 Å². The van der Waals surface area contributed by atoms with Crippen LogP contribution < -0.4 is 25.0 Å². The number of carbonyl (C=O) groups excluding carboxylic acids is 2. The fraction of sp³-hybridized carbons (Fsp3) is 0.333. The number of carbonyl (C=O) groups is 2. The van der Waals surface area contributed by atoms with E-state index in [-0.39, 0.29) is 11.9 Å². The summed E-state index contributed by atoms with van der Waals surface area (Å²) in [5.74, 6) is 1.28. The molecule has 1 heterocycles. The number of nitrogens with zero attached hydrogens (tertiary/aromatic N) is 1. The van der Waals surface area contributed by atoms with Gasteiger partial charge in [-0.25, -0.2) is 4.79 Å². The molecule has 2 N–H and O–H groups in total. The largest absolute Gasteiger partial charge is 0.493 e. The molecule has 2 aromatic carbocycles. The summed E-state index contributed by atoms with van der Waals surface area (Å²) in [4.78, 5) is 26.3. The molecule has 0 spiro atoms. The number of anilines is 3. The number of hydrogen-bond acceptors (Lipinski definition) is 4. The van der Waals surface area contributed by atoms with Crippen molar-refractivity contribution in [2.45, 2.75) is 26.2 Å². The van der Waals surface area contributed by atoms with Gasteiger partial charge in [0, 0.05) is 36.1 Å². The number of ether oxygens (including phenoxy) is 2. The van der Waals surface area contributed by atoms with Crippen molar-refractivity contribution in [1.82, 2.24) is 0 Å². The quantitative estimate of drug-likeness (QED) is 0.789. The number of fused-ring (bicyclic) bond motifs is 1. The SMILES string of the molecule is CCCN1C(=O)CCc2cc(NC(=O)Nc3ccc(OC)c(OC)c3)ccc21. The molecule has 0 saturated heterocycles. The van der Waals surface area contributed by atoms with E-state index in [0.29, 0.717) is 42.3 Å². The van der Waals surface area contributed by atoms with Gasteiger partial charge in [-0.3, -0.25) is 4.79 Å². The second-order valence-electron chi connectivity index (χ2n) is 6.54. The van der Waals surface area contributed by atoms with Crippen LogP contribution in [0.5, 0.6) is 11.5 Å². The van der Waals surface area contributed by atoms with E-state index in [0.717, 1.165) is 17.7 Å². The zero-order chi connectivity index (χ0) is 20.1. The number of benzene rings is 2. The molecule has 1 aliphatic rings. The van der Waals surface area contributed by atoms with Gasteiger partial charge < -0.3 is 25.0 Å². The number of hydrogen-bond donors (Lipinski definition) is 2. The molecule has 0 aromatic heterocycles. The first-order valence-electron chi connectivity index (χ1n) is 9.29. The van der Waals surface area contributed by atoms with Crippen molar-refractivity contribution in [2.24, 2.45) is 0 Å². The van der Waals surface area contributed by atoms with E-state index in [1.54, 1.807) is 32.4 Å². The number of aryl methyl sites for hydroxylation is 1. The summed E-state index contributed by atoms with van der Waals surface area (Å²) in [5.41, 5.74) is 3.27. The highest BCUT2D eigenvalue weighted by atomic mass is 16.5. The molecule has 2 aromatic rings. The van der Waals surface area contributed by atoms with Crippen molar-refractivity contribution in [3.8, 4) is 11.5 Å². The Bertz CT molecular complexity index is 882. The van der Waals surface area contributed by atoms with Crippen LogP contribution in [0.25, 0.3) is 0 Å². The van der Waals surface area contributed by atoms with Crippen LogP contribution in [-0.2, 0) is 11.2 Å². The van der Waals surface area contributed by atoms with E-state index in [1.165, 1.54) is 0 Å². The minimum atomic E-state index is -0.357. The Labute approximate surface area is 164 Å². The Morgan fingerprint density at radius 1 is 1.00 bits per heavy atom. The number of amides is 3. The van der Waals surface area contributed by atoms with Crippen molar-refractivity contribution < 1.29 is 19.1 Å². The fourth-order valence-corrected chi connectivity index (χ4v) is 3.31. The Balaban J connectivity index is 1.70. The van der Waals surface area contributed by atoms with Crippen molar-refractivity contribution in [3.63, 3.8) is 0 Å². The maximum Gasteiger partial charge on any atom is 0.323 e. The molecule has 0 radical (unpaired) electrons. The molecule has 3 rings (SSSR count). The molecular formula is C21H25N3O4. The minimum absolute atomic E-state index is 0.154. The summed E-state index contributed by atoms with van der Waals surface area (Å²) in [6, 6.07) is 10.4. The summed E-state index contributed by atoms with van der Waals surface area (Å²) < 4.78 is 10.4. The van der Waals surface area contributed by atoms with Gasteiger partial charge in [0.1, 0.15) is 0 Å². The normalized spacial score (nSPS) is 13.0. The maximum absolute atomic E-state index is 12.4. The van der Waals surface area contributed by atoms with Crippen LogP contribution in [0, 0.1) is 0 Å². The second-order valence-corrected chi connectivity index (χ2v) is 6.54. The summed E-state index contributed by atoms with van der Waals surface area (Å²) in [5, 5.41) is 5.62. The fourth-order valence-electron chi connectivity index (χ4n) is 3.31. The zero-order valence-electron chi connectivity index (χ0n) is 16.4. The number of urea groups is 1. The highest BCUT2D eigenvalue weighted by Crippen LogP contribution is 2.31. The number of nitrogens with one attached hydrogen (secondary N) is 2. The van der Waals surface area contributed by atoms with Crippen LogP contribution in [0.2, 0.25) is 0 Å². The molecule has 7 nitrogen and oxygen atoms in total. The third-order valence-corrected chi connectivity index (χ3v) is 4.63. The molecule has 148 valence electrons. The molecule has 28 heavy (non-hydrogen) atoms. The highest BCUT2D eigenvalue weighted by Gasteiger charge is 2.23. The van der Waals surface area contributed by atoms with E-state index < -0.39 is 0 Å². The molecule has 0 atom stereocenters. The van der Waals surface area contributed by atoms with Gasteiger partial charge in [-0.1, -0.05) is 6.92 Å². The third kappa shape index (κ3) is 4.19. The lowest BCUT2D eigenvalue weighted by Gasteiger charge is -2.29. The highest BCUT2D eigenvalue weighted by molar-refractivity contribution is 6.01. The van der Waals surface area contributed by atoms with Gasteiger partial charge in [0.05, 0.1) is 14.2 Å². The van der Waals surface area contributed by atoms with Crippen LogP contribution in [0.15, 0.2) is 36.4 Å².